The Labute approximate surface area is 181 Å². The highest BCUT2D eigenvalue weighted by Crippen LogP contribution is 2.26. The molecule has 168 valence electrons. The van der Waals surface area contributed by atoms with Gasteiger partial charge in [-0.3, -0.25) is 4.98 Å². The van der Waals surface area contributed by atoms with Crippen LogP contribution in [0.3, 0.4) is 0 Å². The lowest BCUT2D eigenvalue weighted by Crippen LogP contribution is -2.46. The zero-order chi connectivity index (χ0) is 22.3. The minimum atomic E-state index is -3.88. The summed E-state index contributed by atoms with van der Waals surface area (Å²) < 4.78 is 47.6. The van der Waals surface area contributed by atoms with Gasteiger partial charge in [-0.25, -0.2) is 22.3 Å². The molecule has 8 nitrogen and oxygen atoms in total. The maximum Gasteiger partial charge on any atom is 0.319 e. The molecule has 1 aromatic carbocycles. The number of alkyl halides is 1. The Morgan fingerprint density at radius 2 is 2.00 bits per heavy atom. The van der Waals surface area contributed by atoms with E-state index in [4.69, 9.17) is 4.74 Å². The molecule has 0 saturated heterocycles. The van der Waals surface area contributed by atoms with Crippen molar-refractivity contribution in [3.8, 4) is 0 Å². The SMILES string of the molecule is CCOC1CCC(NS(=O)(=O)c2ccc(NC(=O)NCc3cccnc3)cc2)C(F)C1. The second-order valence-electron chi connectivity index (χ2n) is 7.33. The molecule has 3 rings (SSSR count). The van der Waals surface area contributed by atoms with Crippen LogP contribution < -0.4 is 15.4 Å². The zero-order valence-corrected chi connectivity index (χ0v) is 18.1. The fourth-order valence-corrected chi connectivity index (χ4v) is 4.74. The Morgan fingerprint density at radius 1 is 1.23 bits per heavy atom. The number of rotatable bonds is 8. The van der Waals surface area contributed by atoms with Gasteiger partial charge in [0.1, 0.15) is 6.17 Å². The van der Waals surface area contributed by atoms with Gasteiger partial charge in [0.25, 0.3) is 0 Å². The molecule has 0 aliphatic heterocycles. The van der Waals surface area contributed by atoms with E-state index in [1.807, 2.05) is 13.0 Å². The molecule has 0 radical (unpaired) electrons. The number of pyridine rings is 1. The van der Waals surface area contributed by atoms with Gasteiger partial charge in [0.05, 0.1) is 17.0 Å². The van der Waals surface area contributed by atoms with Crippen LogP contribution in [0.4, 0.5) is 14.9 Å². The van der Waals surface area contributed by atoms with Crippen LogP contribution in [0.2, 0.25) is 0 Å². The number of hydrogen-bond acceptors (Lipinski definition) is 5. The van der Waals surface area contributed by atoms with Gasteiger partial charge >= 0.3 is 6.03 Å². The van der Waals surface area contributed by atoms with Crippen molar-refractivity contribution in [1.29, 1.82) is 0 Å². The fraction of sp³-hybridized carbons (Fsp3) is 0.429. The summed E-state index contributed by atoms with van der Waals surface area (Å²) in [6.45, 7) is 2.67. The van der Waals surface area contributed by atoms with Crippen molar-refractivity contribution in [3.63, 3.8) is 0 Å². The van der Waals surface area contributed by atoms with E-state index in [9.17, 15) is 17.6 Å². The Hall–Kier alpha value is -2.56. The first-order valence-electron chi connectivity index (χ1n) is 10.2. The fourth-order valence-electron chi connectivity index (χ4n) is 3.44. The highest BCUT2D eigenvalue weighted by atomic mass is 32.2. The van der Waals surface area contributed by atoms with Crippen molar-refractivity contribution in [2.75, 3.05) is 11.9 Å². The number of hydrogen-bond donors (Lipinski definition) is 3. The summed E-state index contributed by atoms with van der Waals surface area (Å²) in [5, 5.41) is 5.33. The third-order valence-corrected chi connectivity index (χ3v) is 6.54. The number of aromatic nitrogens is 1. The summed E-state index contributed by atoms with van der Waals surface area (Å²) in [4.78, 5) is 16.0. The van der Waals surface area contributed by atoms with Crippen LogP contribution in [0.25, 0.3) is 0 Å². The van der Waals surface area contributed by atoms with Crippen molar-refractivity contribution >= 4 is 21.7 Å². The average molecular weight is 451 g/mol. The number of anilines is 1. The van der Waals surface area contributed by atoms with Gasteiger partial charge in [0.15, 0.2) is 0 Å². The Morgan fingerprint density at radius 3 is 2.65 bits per heavy atom. The Kier molecular flexibility index (Phi) is 7.94. The normalized spacial score (nSPS) is 21.4. The monoisotopic (exact) mass is 450 g/mol. The van der Waals surface area contributed by atoms with E-state index in [1.54, 1.807) is 18.5 Å². The van der Waals surface area contributed by atoms with Crippen LogP contribution in [0.15, 0.2) is 53.7 Å². The molecule has 0 spiro atoms. The van der Waals surface area contributed by atoms with Crippen molar-refractivity contribution in [1.82, 2.24) is 15.0 Å². The lowest BCUT2D eigenvalue weighted by molar-refractivity contribution is 0.00477. The Bertz CT molecular complexity index is 957. The molecule has 2 amide bonds. The van der Waals surface area contributed by atoms with Crippen molar-refractivity contribution < 1.29 is 22.3 Å². The molecule has 1 aliphatic rings. The van der Waals surface area contributed by atoms with Crippen LogP contribution in [0.1, 0.15) is 31.7 Å². The number of amides is 2. The molecular weight excluding hydrogens is 423 g/mol. The van der Waals surface area contributed by atoms with Crippen LogP contribution in [-0.2, 0) is 21.3 Å². The van der Waals surface area contributed by atoms with Crippen molar-refractivity contribution in [2.45, 2.75) is 55.9 Å². The minimum absolute atomic E-state index is 0.00736. The molecule has 3 atom stereocenters. The smallest absolute Gasteiger partial charge is 0.319 e. The van der Waals surface area contributed by atoms with Gasteiger partial charge in [-0.05, 0) is 55.7 Å². The molecule has 1 aliphatic carbocycles. The van der Waals surface area contributed by atoms with E-state index in [2.05, 4.69) is 20.3 Å². The number of ether oxygens (including phenoxy) is 1. The molecule has 0 bridgehead atoms. The van der Waals surface area contributed by atoms with Gasteiger partial charge in [-0.2, -0.15) is 0 Å². The number of halogens is 1. The van der Waals surface area contributed by atoms with E-state index < -0.39 is 28.3 Å². The largest absolute Gasteiger partial charge is 0.378 e. The molecule has 2 aromatic rings. The summed E-state index contributed by atoms with van der Waals surface area (Å²) in [5.74, 6) is 0. The topological polar surface area (TPSA) is 109 Å². The maximum absolute atomic E-state index is 14.4. The molecule has 3 unspecified atom stereocenters. The van der Waals surface area contributed by atoms with Crippen LogP contribution in [0.5, 0.6) is 0 Å². The molecule has 10 heteroatoms. The number of nitrogens with one attached hydrogen (secondary N) is 3. The quantitative estimate of drug-likeness (QED) is 0.573. The average Bonchev–Trinajstić information content (AvgIpc) is 2.75. The molecule has 1 saturated carbocycles. The lowest BCUT2D eigenvalue weighted by Gasteiger charge is -2.31. The van der Waals surface area contributed by atoms with Gasteiger partial charge in [-0.1, -0.05) is 6.07 Å². The van der Waals surface area contributed by atoms with Crippen LogP contribution in [-0.4, -0.2) is 44.4 Å². The first-order valence-corrected chi connectivity index (χ1v) is 11.7. The first-order chi connectivity index (χ1) is 14.9. The molecular formula is C21H27FN4O4S. The van der Waals surface area contributed by atoms with Crippen molar-refractivity contribution in [3.05, 3.63) is 54.4 Å². The Balaban J connectivity index is 1.53. The summed E-state index contributed by atoms with van der Waals surface area (Å²) in [6, 6.07) is 8.12. The van der Waals surface area contributed by atoms with E-state index in [0.717, 1.165) is 5.56 Å². The van der Waals surface area contributed by atoms with Crippen molar-refractivity contribution in [2.24, 2.45) is 0 Å². The molecule has 31 heavy (non-hydrogen) atoms. The number of sulfonamides is 1. The highest BCUT2D eigenvalue weighted by molar-refractivity contribution is 7.89. The van der Waals surface area contributed by atoms with E-state index in [1.165, 1.54) is 24.3 Å². The predicted octanol–water partition coefficient (Wildman–Crippen LogP) is 2.98. The van der Waals surface area contributed by atoms with Gasteiger partial charge in [0.2, 0.25) is 10.0 Å². The van der Waals surface area contributed by atoms with Crippen LogP contribution >= 0.6 is 0 Å². The minimum Gasteiger partial charge on any atom is -0.378 e. The molecule has 1 heterocycles. The van der Waals surface area contributed by atoms with E-state index in [0.29, 0.717) is 31.7 Å². The third-order valence-electron chi connectivity index (χ3n) is 5.03. The first kappa shape index (κ1) is 23.1. The maximum atomic E-state index is 14.4. The molecule has 3 N–H and O–H groups in total. The summed E-state index contributed by atoms with van der Waals surface area (Å²) in [5.41, 5.74) is 1.29. The predicted molar refractivity (Wildman–Crippen MR) is 115 cm³/mol. The molecule has 1 fully saturated rings. The summed E-state index contributed by atoms with van der Waals surface area (Å²) in [6.07, 6.45) is 2.99. The van der Waals surface area contributed by atoms with Crippen LogP contribution in [0, 0.1) is 0 Å². The number of carbonyl (C=O) groups excluding carboxylic acids is 1. The second-order valence-corrected chi connectivity index (χ2v) is 9.04. The van der Waals surface area contributed by atoms with Gasteiger partial charge in [0, 0.05) is 37.7 Å². The lowest BCUT2D eigenvalue weighted by atomic mass is 9.92. The van der Waals surface area contributed by atoms with E-state index >= 15 is 0 Å². The van der Waals surface area contributed by atoms with Gasteiger partial charge in [-0.15, -0.1) is 0 Å². The number of urea groups is 1. The highest BCUT2D eigenvalue weighted by Gasteiger charge is 2.33. The summed E-state index contributed by atoms with van der Waals surface area (Å²) >= 11 is 0. The number of nitrogens with zero attached hydrogens (tertiary/aromatic N) is 1. The zero-order valence-electron chi connectivity index (χ0n) is 17.3. The molecule has 1 aromatic heterocycles. The second kappa shape index (κ2) is 10.7. The number of benzene rings is 1. The number of carbonyl (C=O) groups is 1. The van der Waals surface area contributed by atoms with E-state index in [-0.39, 0.29) is 17.4 Å². The third kappa shape index (κ3) is 6.71. The standard InChI is InChI=1S/C21H27FN4O4S/c1-2-30-17-7-10-20(19(22)12-17)26-31(28,29)18-8-5-16(6-9-18)25-21(27)24-14-15-4-3-11-23-13-15/h3-6,8-9,11,13,17,19-20,26H,2,7,10,12,14H2,1H3,(H2,24,25,27). The van der Waals surface area contributed by atoms with Gasteiger partial charge < -0.3 is 15.4 Å². The summed E-state index contributed by atoms with van der Waals surface area (Å²) in [7, 11) is -3.88.